The average molecular weight is 217 g/mol. The van der Waals surface area contributed by atoms with Crippen LogP contribution in [0.4, 0.5) is 0 Å². The van der Waals surface area contributed by atoms with Gasteiger partial charge in [-0.1, -0.05) is 30.2 Å². The Kier molecular flexibility index (Phi) is 3.97. The van der Waals surface area contributed by atoms with Crippen molar-refractivity contribution >= 4 is 0 Å². The number of nitrogens with zero attached hydrogens (tertiary/aromatic N) is 1. The van der Waals surface area contributed by atoms with Crippen molar-refractivity contribution in [2.24, 2.45) is 17.3 Å². The summed E-state index contributed by atoms with van der Waals surface area (Å²) in [6.07, 6.45) is 6.65. The van der Waals surface area contributed by atoms with Gasteiger partial charge in [0.05, 0.1) is 11.5 Å². The van der Waals surface area contributed by atoms with Crippen molar-refractivity contribution in [1.82, 2.24) is 0 Å². The van der Waals surface area contributed by atoms with Crippen molar-refractivity contribution in [2.45, 2.75) is 47.5 Å². The predicted octanol–water partition coefficient (Wildman–Crippen LogP) is 4.47. The minimum atomic E-state index is -0.181. The molecule has 0 heterocycles. The van der Waals surface area contributed by atoms with Gasteiger partial charge in [0.2, 0.25) is 0 Å². The van der Waals surface area contributed by atoms with Crippen LogP contribution in [0.2, 0.25) is 0 Å². The van der Waals surface area contributed by atoms with Gasteiger partial charge in [0.1, 0.15) is 0 Å². The van der Waals surface area contributed by atoms with Crippen LogP contribution in [0.25, 0.3) is 0 Å². The molecule has 0 saturated heterocycles. The fourth-order valence-electron chi connectivity index (χ4n) is 2.37. The van der Waals surface area contributed by atoms with Gasteiger partial charge in [-0.25, -0.2) is 0 Å². The molecule has 0 fully saturated rings. The highest BCUT2D eigenvalue weighted by Gasteiger charge is 2.36. The monoisotopic (exact) mass is 217 g/mol. The van der Waals surface area contributed by atoms with Crippen molar-refractivity contribution in [3.63, 3.8) is 0 Å². The van der Waals surface area contributed by atoms with Crippen molar-refractivity contribution in [2.75, 3.05) is 0 Å². The van der Waals surface area contributed by atoms with Crippen LogP contribution in [0.15, 0.2) is 23.3 Å². The van der Waals surface area contributed by atoms with Gasteiger partial charge in [0.15, 0.2) is 0 Å². The molecule has 3 atom stereocenters. The lowest BCUT2D eigenvalue weighted by Gasteiger charge is -2.36. The Labute approximate surface area is 99.9 Å². The fourth-order valence-corrected chi connectivity index (χ4v) is 2.37. The molecular weight excluding hydrogens is 194 g/mol. The van der Waals surface area contributed by atoms with Gasteiger partial charge in [-0.2, -0.15) is 5.26 Å². The second-order valence-electron chi connectivity index (χ2n) is 5.65. The molecule has 88 valence electrons. The van der Waals surface area contributed by atoms with E-state index in [0.717, 1.165) is 12.8 Å². The first kappa shape index (κ1) is 13.0. The molecule has 1 aliphatic rings. The maximum atomic E-state index is 9.31. The second-order valence-corrected chi connectivity index (χ2v) is 5.65. The van der Waals surface area contributed by atoms with Crippen molar-refractivity contribution in [1.29, 1.82) is 5.26 Å². The van der Waals surface area contributed by atoms with Crippen LogP contribution < -0.4 is 0 Å². The van der Waals surface area contributed by atoms with E-state index in [1.165, 1.54) is 11.1 Å². The maximum Gasteiger partial charge on any atom is 0.0693 e. The standard InChI is InChI=1S/C15H23N/c1-11(2)6-7-14-9-15(5,10-16)13(4)8-12(14)3/h6,8,13-14H,7,9H2,1-5H3/t13-,14-,15-/m0/s1. The molecule has 0 aromatic carbocycles. The van der Waals surface area contributed by atoms with Gasteiger partial charge in [-0.05, 0) is 52.4 Å². The van der Waals surface area contributed by atoms with E-state index in [1.54, 1.807) is 0 Å². The second kappa shape index (κ2) is 4.87. The molecule has 0 unspecified atom stereocenters. The summed E-state index contributed by atoms with van der Waals surface area (Å²) in [7, 11) is 0. The van der Waals surface area contributed by atoms with Crippen LogP contribution in [0.5, 0.6) is 0 Å². The molecule has 1 aliphatic carbocycles. The Morgan fingerprint density at radius 3 is 2.75 bits per heavy atom. The molecule has 0 bridgehead atoms. The summed E-state index contributed by atoms with van der Waals surface area (Å²) in [5.41, 5.74) is 2.64. The number of hydrogen-bond donors (Lipinski definition) is 0. The predicted molar refractivity (Wildman–Crippen MR) is 68.8 cm³/mol. The summed E-state index contributed by atoms with van der Waals surface area (Å²) >= 11 is 0. The van der Waals surface area contributed by atoms with Gasteiger partial charge in [0.25, 0.3) is 0 Å². The highest BCUT2D eigenvalue weighted by molar-refractivity contribution is 5.20. The van der Waals surface area contributed by atoms with Crippen molar-refractivity contribution in [3.8, 4) is 6.07 Å². The normalized spacial score (nSPS) is 33.9. The lowest BCUT2D eigenvalue weighted by molar-refractivity contribution is 0.250. The van der Waals surface area contributed by atoms with Gasteiger partial charge in [-0.3, -0.25) is 0 Å². The molecule has 0 spiro atoms. The van der Waals surface area contributed by atoms with Crippen LogP contribution in [-0.4, -0.2) is 0 Å². The quantitative estimate of drug-likeness (QED) is 0.626. The first-order valence-corrected chi connectivity index (χ1v) is 6.12. The third-order valence-corrected chi connectivity index (χ3v) is 3.90. The Balaban J connectivity index is 2.86. The van der Waals surface area contributed by atoms with Gasteiger partial charge < -0.3 is 0 Å². The first-order valence-electron chi connectivity index (χ1n) is 6.12. The van der Waals surface area contributed by atoms with Crippen LogP contribution in [-0.2, 0) is 0 Å². The third kappa shape index (κ3) is 2.76. The van der Waals surface area contributed by atoms with E-state index >= 15 is 0 Å². The molecule has 0 radical (unpaired) electrons. The zero-order chi connectivity index (χ0) is 12.3. The summed E-state index contributed by atoms with van der Waals surface area (Å²) in [5.74, 6) is 0.927. The van der Waals surface area contributed by atoms with E-state index in [1.807, 2.05) is 0 Å². The Morgan fingerprint density at radius 1 is 1.62 bits per heavy atom. The zero-order valence-corrected chi connectivity index (χ0v) is 11.2. The summed E-state index contributed by atoms with van der Waals surface area (Å²) in [6.45, 7) is 10.7. The van der Waals surface area contributed by atoms with Crippen LogP contribution >= 0.6 is 0 Å². The average Bonchev–Trinajstić information content (AvgIpc) is 2.21. The van der Waals surface area contributed by atoms with Crippen LogP contribution in [0, 0.1) is 28.6 Å². The summed E-state index contributed by atoms with van der Waals surface area (Å²) < 4.78 is 0. The fraction of sp³-hybridized carbons (Fsp3) is 0.667. The van der Waals surface area contributed by atoms with E-state index in [-0.39, 0.29) is 5.41 Å². The van der Waals surface area contributed by atoms with E-state index in [0.29, 0.717) is 11.8 Å². The maximum absolute atomic E-state index is 9.31. The Morgan fingerprint density at radius 2 is 2.25 bits per heavy atom. The molecule has 0 N–H and O–H groups in total. The molecular formula is C15H23N. The minimum absolute atomic E-state index is 0.181. The minimum Gasteiger partial charge on any atom is -0.198 e. The topological polar surface area (TPSA) is 23.8 Å². The van der Waals surface area contributed by atoms with Crippen LogP contribution in [0.1, 0.15) is 47.5 Å². The molecule has 1 heteroatoms. The summed E-state index contributed by atoms with van der Waals surface area (Å²) in [5, 5.41) is 9.31. The highest BCUT2D eigenvalue weighted by Crippen LogP contribution is 2.43. The molecule has 1 nitrogen and oxygen atoms in total. The highest BCUT2D eigenvalue weighted by atomic mass is 14.4. The van der Waals surface area contributed by atoms with E-state index in [4.69, 9.17) is 0 Å². The largest absolute Gasteiger partial charge is 0.198 e. The SMILES string of the molecule is CC(C)=CC[C@H]1C[C@@](C)(C#N)[C@@H](C)C=C1C. The Bertz CT molecular complexity index is 352. The van der Waals surface area contributed by atoms with Crippen molar-refractivity contribution < 1.29 is 0 Å². The Hall–Kier alpha value is -1.03. The van der Waals surface area contributed by atoms with E-state index < -0.39 is 0 Å². The number of nitriles is 1. The third-order valence-electron chi connectivity index (χ3n) is 3.90. The lowest BCUT2D eigenvalue weighted by Crippen LogP contribution is -2.30. The van der Waals surface area contributed by atoms with Gasteiger partial charge >= 0.3 is 0 Å². The smallest absolute Gasteiger partial charge is 0.0693 e. The molecule has 0 aromatic rings. The van der Waals surface area contributed by atoms with E-state index in [9.17, 15) is 5.26 Å². The molecule has 0 saturated carbocycles. The van der Waals surface area contributed by atoms with Gasteiger partial charge in [-0.15, -0.1) is 0 Å². The number of rotatable bonds is 2. The summed E-state index contributed by atoms with van der Waals surface area (Å²) in [6, 6.07) is 2.50. The summed E-state index contributed by atoms with van der Waals surface area (Å²) in [4.78, 5) is 0. The molecule has 1 rings (SSSR count). The van der Waals surface area contributed by atoms with Gasteiger partial charge in [0, 0.05) is 0 Å². The molecule has 16 heavy (non-hydrogen) atoms. The lowest BCUT2D eigenvalue weighted by atomic mass is 9.66. The van der Waals surface area contributed by atoms with Crippen LogP contribution in [0.3, 0.4) is 0 Å². The van der Waals surface area contributed by atoms with E-state index in [2.05, 4.69) is 52.8 Å². The first-order chi connectivity index (χ1) is 7.39. The van der Waals surface area contributed by atoms with Crippen molar-refractivity contribution in [3.05, 3.63) is 23.3 Å². The number of allylic oxidation sites excluding steroid dienone is 4. The molecule has 0 amide bonds. The zero-order valence-electron chi connectivity index (χ0n) is 11.2. The number of hydrogen-bond acceptors (Lipinski definition) is 1. The molecule has 0 aromatic heterocycles. The molecule has 0 aliphatic heterocycles.